The van der Waals surface area contributed by atoms with Crippen LogP contribution in [-0.2, 0) is 0 Å². The molecular formula is C13H11N3. The van der Waals surface area contributed by atoms with E-state index in [4.69, 9.17) is 0 Å². The van der Waals surface area contributed by atoms with E-state index in [0.717, 1.165) is 22.6 Å². The predicted molar refractivity (Wildman–Crippen MR) is 64.1 cm³/mol. The van der Waals surface area contributed by atoms with Gasteiger partial charge in [0.25, 0.3) is 0 Å². The lowest BCUT2D eigenvalue weighted by Crippen LogP contribution is -1.82. The Balaban J connectivity index is 2.31. The molecule has 0 spiro atoms. The third-order valence-electron chi connectivity index (χ3n) is 2.59. The number of nitrogens with zero attached hydrogens (tertiary/aromatic N) is 2. The summed E-state index contributed by atoms with van der Waals surface area (Å²) in [5.74, 6) is 0.894. The van der Waals surface area contributed by atoms with Gasteiger partial charge in [-0.25, -0.2) is 9.97 Å². The first-order chi connectivity index (χ1) is 7.84. The van der Waals surface area contributed by atoms with Crippen LogP contribution in [0.2, 0.25) is 0 Å². The second-order valence-electron chi connectivity index (χ2n) is 3.74. The second kappa shape index (κ2) is 3.45. The summed E-state index contributed by atoms with van der Waals surface area (Å²) in [6.07, 6.45) is 1.81. The summed E-state index contributed by atoms with van der Waals surface area (Å²) in [5, 5.41) is 0. The molecule has 0 amide bonds. The highest BCUT2D eigenvalue weighted by Gasteiger charge is 2.07. The van der Waals surface area contributed by atoms with Crippen molar-refractivity contribution in [2.45, 2.75) is 6.92 Å². The summed E-state index contributed by atoms with van der Waals surface area (Å²) >= 11 is 0. The molecule has 0 aliphatic carbocycles. The fourth-order valence-electron chi connectivity index (χ4n) is 1.88. The molecular weight excluding hydrogens is 198 g/mol. The lowest BCUT2D eigenvalue weighted by molar-refractivity contribution is 1.16. The SMILES string of the molecule is Cc1nc2c(-c3ccccc3)ccnc2[nH]1. The maximum absolute atomic E-state index is 4.47. The highest BCUT2D eigenvalue weighted by Crippen LogP contribution is 2.25. The molecule has 3 nitrogen and oxygen atoms in total. The molecule has 0 radical (unpaired) electrons. The number of aromatic nitrogens is 3. The average molecular weight is 209 g/mol. The molecule has 0 bridgehead atoms. The Labute approximate surface area is 93.2 Å². The minimum absolute atomic E-state index is 0.846. The van der Waals surface area contributed by atoms with E-state index < -0.39 is 0 Å². The molecule has 0 fully saturated rings. The van der Waals surface area contributed by atoms with Crippen LogP contribution in [-0.4, -0.2) is 15.0 Å². The van der Waals surface area contributed by atoms with Gasteiger partial charge in [0.05, 0.1) is 0 Å². The molecule has 0 atom stereocenters. The predicted octanol–water partition coefficient (Wildman–Crippen LogP) is 2.93. The largest absolute Gasteiger partial charge is 0.327 e. The summed E-state index contributed by atoms with van der Waals surface area (Å²) in [5.41, 5.74) is 4.07. The normalized spacial score (nSPS) is 10.8. The van der Waals surface area contributed by atoms with Crippen molar-refractivity contribution >= 4 is 11.2 Å². The van der Waals surface area contributed by atoms with Gasteiger partial charge in [0.15, 0.2) is 5.65 Å². The zero-order chi connectivity index (χ0) is 11.0. The first-order valence-corrected chi connectivity index (χ1v) is 5.21. The van der Waals surface area contributed by atoms with Crippen LogP contribution in [0.5, 0.6) is 0 Å². The molecule has 0 saturated carbocycles. The molecule has 0 aliphatic heterocycles. The Morgan fingerprint density at radius 2 is 1.88 bits per heavy atom. The average Bonchev–Trinajstić information content (AvgIpc) is 2.70. The van der Waals surface area contributed by atoms with E-state index in [9.17, 15) is 0 Å². The summed E-state index contributed by atoms with van der Waals surface area (Å²) in [6, 6.07) is 12.2. The van der Waals surface area contributed by atoms with Gasteiger partial charge < -0.3 is 4.98 Å². The Morgan fingerprint density at radius 1 is 1.06 bits per heavy atom. The number of H-pyrrole nitrogens is 1. The third kappa shape index (κ3) is 1.37. The van der Waals surface area contributed by atoms with Crippen LogP contribution in [0.4, 0.5) is 0 Å². The van der Waals surface area contributed by atoms with Crippen molar-refractivity contribution in [2.24, 2.45) is 0 Å². The molecule has 3 heteroatoms. The van der Waals surface area contributed by atoms with Crippen molar-refractivity contribution in [2.75, 3.05) is 0 Å². The van der Waals surface area contributed by atoms with E-state index in [1.807, 2.05) is 37.4 Å². The van der Waals surface area contributed by atoms with Crippen LogP contribution in [0.25, 0.3) is 22.3 Å². The van der Waals surface area contributed by atoms with E-state index in [-0.39, 0.29) is 0 Å². The van der Waals surface area contributed by atoms with Crippen molar-refractivity contribution in [1.82, 2.24) is 15.0 Å². The van der Waals surface area contributed by atoms with Crippen molar-refractivity contribution in [3.05, 3.63) is 48.4 Å². The van der Waals surface area contributed by atoms with E-state index in [2.05, 4.69) is 27.1 Å². The number of pyridine rings is 1. The molecule has 1 aromatic carbocycles. The summed E-state index contributed by atoms with van der Waals surface area (Å²) in [6.45, 7) is 1.94. The topological polar surface area (TPSA) is 41.6 Å². The van der Waals surface area contributed by atoms with E-state index in [1.54, 1.807) is 0 Å². The number of aryl methyl sites for hydroxylation is 1. The zero-order valence-corrected chi connectivity index (χ0v) is 8.94. The molecule has 78 valence electrons. The molecule has 3 aromatic rings. The molecule has 2 aromatic heterocycles. The maximum Gasteiger partial charge on any atom is 0.157 e. The lowest BCUT2D eigenvalue weighted by Gasteiger charge is -2.00. The monoisotopic (exact) mass is 209 g/mol. The number of nitrogens with one attached hydrogen (secondary N) is 1. The van der Waals surface area contributed by atoms with Crippen LogP contribution in [0.15, 0.2) is 42.6 Å². The smallest absolute Gasteiger partial charge is 0.157 e. The second-order valence-corrected chi connectivity index (χ2v) is 3.74. The van der Waals surface area contributed by atoms with Gasteiger partial charge in [0.1, 0.15) is 11.3 Å². The summed E-state index contributed by atoms with van der Waals surface area (Å²) in [7, 11) is 0. The minimum atomic E-state index is 0.846. The number of fused-ring (bicyclic) bond motifs is 1. The third-order valence-corrected chi connectivity index (χ3v) is 2.59. The van der Waals surface area contributed by atoms with Crippen LogP contribution < -0.4 is 0 Å². The van der Waals surface area contributed by atoms with Crippen molar-refractivity contribution in [3.8, 4) is 11.1 Å². The van der Waals surface area contributed by atoms with Gasteiger partial charge in [-0.1, -0.05) is 30.3 Å². The highest BCUT2D eigenvalue weighted by atomic mass is 15.0. The van der Waals surface area contributed by atoms with E-state index >= 15 is 0 Å². The fourth-order valence-corrected chi connectivity index (χ4v) is 1.88. The van der Waals surface area contributed by atoms with Crippen LogP contribution in [0.1, 0.15) is 5.82 Å². The Hall–Kier alpha value is -2.16. The number of rotatable bonds is 1. The van der Waals surface area contributed by atoms with Gasteiger partial charge in [0.2, 0.25) is 0 Å². The van der Waals surface area contributed by atoms with Crippen LogP contribution in [0.3, 0.4) is 0 Å². The van der Waals surface area contributed by atoms with Crippen molar-refractivity contribution in [1.29, 1.82) is 0 Å². The number of aromatic amines is 1. The molecule has 0 unspecified atom stereocenters. The van der Waals surface area contributed by atoms with Crippen LogP contribution >= 0.6 is 0 Å². The molecule has 3 rings (SSSR count). The highest BCUT2D eigenvalue weighted by molar-refractivity contribution is 5.89. The van der Waals surface area contributed by atoms with E-state index in [1.165, 1.54) is 5.56 Å². The van der Waals surface area contributed by atoms with Gasteiger partial charge in [-0.15, -0.1) is 0 Å². The van der Waals surface area contributed by atoms with Crippen molar-refractivity contribution in [3.63, 3.8) is 0 Å². The van der Waals surface area contributed by atoms with Gasteiger partial charge >= 0.3 is 0 Å². The number of hydrogen-bond donors (Lipinski definition) is 1. The molecule has 2 heterocycles. The Morgan fingerprint density at radius 3 is 2.69 bits per heavy atom. The van der Waals surface area contributed by atoms with Crippen molar-refractivity contribution < 1.29 is 0 Å². The quantitative estimate of drug-likeness (QED) is 0.669. The standard InChI is InChI=1S/C13H11N3/c1-9-15-12-11(7-8-14-13(12)16-9)10-5-3-2-4-6-10/h2-8H,1H3,(H,14,15,16). The first-order valence-electron chi connectivity index (χ1n) is 5.21. The van der Waals surface area contributed by atoms with Gasteiger partial charge in [-0.05, 0) is 18.6 Å². The number of hydrogen-bond acceptors (Lipinski definition) is 2. The number of benzene rings is 1. The van der Waals surface area contributed by atoms with Crippen LogP contribution in [0, 0.1) is 6.92 Å². The molecule has 1 N–H and O–H groups in total. The van der Waals surface area contributed by atoms with Gasteiger partial charge in [-0.2, -0.15) is 0 Å². The number of imidazole rings is 1. The fraction of sp³-hybridized carbons (Fsp3) is 0.0769. The Bertz CT molecular complexity index is 626. The zero-order valence-electron chi connectivity index (χ0n) is 8.94. The lowest BCUT2D eigenvalue weighted by atomic mass is 10.1. The first kappa shape index (κ1) is 9.09. The Kier molecular flexibility index (Phi) is 1.96. The molecule has 0 aliphatic rings. The molecule has 0 saturated heterocycles. The van der Waals surface area contributed by atoms with E-state index in [0.29, 0.717) is 0 Å². The maximum atomic E-state index is 4.47. The minimum Gasteiger partial charge on any atom is -0.327 e. The van der Waals surface area contributed by atoms with Gasteiger partial charge in [0, 0.05) is 11.8 Å². The summed E-state index contributed by atoms with van der Waals surface area (Å²) < 4.78 is 0. The molecule has 16 heavy (non-hydrogen) atoms. The summed E-state index contributed by atoms with van der Waals surface area (Å²) in [4.78, 5) is 11.9. The van der Waals surface area contributed by atoms with Gasteiger partial charge in [-0.3, -0.25) is 0 Å².